The van der Waals surface area contributed by atoms with Crippen molar-refractivity contribution >= 4 is 11.6 Å². The Morgan fingerprint density at radius 2 is 2.31 bits per heavy atom. The third-order valence-electron chi connectivity index (χ3n) is 2.09. The van der Waals surface area contributed by atoms with Crippen molar-refractivity contribution < 1.29 is 4.74 Å². The molecular formula is C13H18ClNO. The first-order valence-corrected chi connectivity index (χ1v) is 5.88. The highest BCUT2D eigenvalue weighted by Gasteiger charge is 2.03. The van der Waals surface area contributed by atoms with Crippen LogP contribution in [0.5, 0.6) is 5.75 Å². The van der Waals surface area contributed by atoms with Gasteiger partial charge in [-0.2, -0.15) is 0 Å². The Morgan fingerprint density at radius 3 is 3.00 bits per heavy atom. The Kier molecular flexibility index (Phi) is 5.98. The van der Waals surface area contributed by atoms with Crippen LogP contribution in [0.25, 0.3) is 0 Å². The van der Waals surface area contributed by atoms with Gasteiger partial charge in [0.25, 0.3) is 0 Å². The van der Waals surface area contributed by atoms with Gasteiger partial charge in [-0.25, -0.2) is 0 Å². The van der Waals surface area contributed by atoms with Crippen molar-refractivity contribution in [3.8, 4) is 5.75 Å². The van der Waals surface area contributed by atoms with Crippen molar-refractivity contribution in [3.05, 3.63) is 41.4 Å². The third kappa shape index (κ3) is 4.25. The Morgan fingerprint density at radius 1 is 1.50 bits per heavy atom. The van der Waals surface area contributed by atoms with Crippen LogP contribution in [0.1, 0.15) is 18.9 Å². The first-order chi connectivity index (χ1) is 7.77. The van der Waals surface area contributed by atoms with E-state index >= 15 is 0 Å². The van der Waals surface area contributed by atoms with Gasteiger partial charge >= 0.3 is 0 Å². The Balaban J connectivity index is 2.68. The molecule has 0 saturated carbocycles. The van der Waals surface area contributed by atoms with E-state index in [4.69, 9.17) is 16.3 Å². The van der Waals surface area contributed by atoms with Gasteiger partial charge in [0.05, 0.1) is 6.61 Å². The van der Waals surface area contributed by atoms with Crippen molar-refractivity contribution in [2.24, 2.45) is 0 Å². The van der Waals surface area contributed by atoms with Crippen LogP contribution >= 0.6 is 11.6 Å². The molecular weight excluding hydrogens is 222 g/mol. The molecule has 0 spiro atoms. The first kappa shape index (κ1) is 13.1. The summed E-state index contributed by atoms with van der Waals surface area (Å²) in [5, 5.41) is 3.97. The molecule has 0 amide bonds. The lowest BCUT2D eigenvalue weighted by molar-refractivity contribution is 0.313. The maximum Gasteiger partial charge on any atom is 0.123 e. The molecule has 1 rings (SSSR count). The Hall–Kier alpha value is -0.990. The van der Waals surface area contributed by atoms with E-state index in [0.717, 1.165) is 42.5 Å². The lowest BCUT2D eigenvalue weighted by atomic mass is 10.2. The van der Waals surface area contributed by atoms with E-state index in [1.165, 1.54) is 0 Å². The number of halogens is 1. The van der Waals surface area contributed by atoms with E-state index in [2.05, 4.69) is 18.8 Å². The highest BCUT2D eigenvalue weighted by molar-refractivity contribution is 6.30. The fourth-order valence-corrected chi connectivity index (χ4v) is 1.54. The topological polar surface area (TPSA) is 21.3 Å². The van der Waals surface area contributed by atoms with Gasteiger partial charge < -0.3 is 10.1 Å². The third-order valence-corrected chi connectivity index (χ3v) is 2.32. The summed E-state index contributed by atoms with van der Waals surface area (Å²) >= 11 is 5.96. The second kappa shape index (κ2) is 7.31. The highest BCUT2D eigenvalue weighted by Crippen LogP contribution is 2.22. The smallest absolute Gasteiger partial charge is 0.123 e. The second-order valence-electron chi connectivity index (χ2n) is 3.52. The summed E-state index contributed by atoms with van der Waals surface area (Å²) in [5.41, 5.74) is 1.09. The molecule has 0 aromatic heterocycles. The van der Waals surface area contributed by atoms with Gasteiger partial charge in [0.2, 0.25) is 0 Å². The zero-order valence-electron chi connectivity index (χ0n) is 9.63. The molecule has 0 aliphatic carbocycles. The lowest BCUT2D eigenvalue weighted by Gasteiger charge is -2.11. The number of benzene rings is 1. The standard InChI is InChI=1S/C13H18ClNO/c1-3-7-15-10-11-9-12(14)5-6-13(11)16-8-4-2/h3,5-6,9,15H,1,4,7-8,10H2,2H3. The minimum atomic E-state index is 0.732. The van der Waals surface area contributed by atoms with Crippen LogP contribution in [0.2, 0.25) is 5.02 Å². The minimum Gasteiger partial charge on any atom is -0.493 e. The first-order valence-electron chi connectivity index (χ1n) is 5.50. The van der Waals surface area contributed by atoms with Gasteiger partial charge in [0.15, 0.2) is 0 Å². The summed E-state index contributed by atoms with van der Waals surface area (Å²) < 4.78 is 5.65. The summed E-state index contributed by atoms with van der Waals surface area (Å²) in [6, 6.07) is 5.70. The molecule has 0 bridgehead atoms. The average molecular weight is 240 g/mol. The molecule has 1 N–H and O–H groups in total. The van der Waals surface area contributed by atoms with Crippen molar-refractivity contribution in [2.75, 3.05) is 13.2 Å². The molecule has 0 atom stereocenters. The van der Waals surface area contributed by atoms with Gasteiger partial charge in [-0.05, 0) is 24.6 Å². The molecule has 0 aliphatic heterocycles. The van der Waals surface area contributed by atoms with E-state index < -0.39 is 0 Å². The van der Waals surface area contributed by atoms with E-state index in [9.17, 15) is 0 Å². The van der Waals surface area contributed by atoms with Crippen LogP contribution in [0.4, 0.5) is 0 Å². The zero-order valence-corrected chi connectivity index (χ0v) is 10.4. The fraction of sp³-hybridized carbons (Fsp3) is 0.385. The van der Waals surface area contributed by atoms with Crippen molar-refractivity contribution in [1.82, 2.24) is 5.32 Å². The predicted molar refractivity (Wildman–Crippen MR) is 69.1 cm³/mol. The molecule has 88 valence electrons. The molecule has 2 nitrogen and oxygen atoms in total. The molecule has 3 heteroatoms. The fourth-order valence-electron chi connectivity index (χ4n) is 1.35. The molecule has 16 heavy (non-hydrogen) atoms. The van der Waals surface area contributed by atoms with Crippen LogP contribution in [0, 0.1) is 0 Å². The molecule has 1 aromatic carbocycles. The summed E-state index contributed by atoms with van der Waals surface area (Å²) in [5.74, 6) is 0.905. The van der Waals surface area contributed by atoms with Crippen molar-refractivity contribution in [1.29, 1.82) is 0 Å². The number of nitrogens with one attached hydrogen (secondary N) is 1. The van der Waals surface area contributed by atoms with Gasteiger partial charge in [0.1, 0.15) is 5.75 Å². The molecule has 1 aromatic rings. The van der Waals surface area contributed by atoms with E-state index in [-0.39, 0.29) is 0 Å². The van der Waals surface area contributed by atoms with Crippen LogP contribution in [0.15, 0.2) is 30.9 Å². The van der Waals surface area contributed by atoms with Crippen LogP contribution < -0.4 is 10.1 Å². The van der Waals surface area contributed by atoms with Crippen molar-refractivity contribution in [2.45, 2.75) is 19.9 Å². The summed E-state index contributed by atoms with van der Waals surface area (Å²) in [6.07, 6.45) is 2.83. The van der Waals surface area contributed by atoms with Crippen LogP contribution in [0.3, 0.4) is 0 Å². The number of ether oxygens (including phenoxy) is 1. The molecule has 0 heterocycles. The zero-order chi connectivity index (χ0) is 11.8. The summed E-state index contributed by atoms with van der Waals surface area (Å²) in [7, 11) is 0. The van der Waals surface area contributed by atoms with Crippen LogP contribution in [-0.4, -0.2) is 13.2 Å². The normalized spacial score (nSPS) is 10.1. The second-order valence-corrected chi connectivity index (χ2v) is 3.96. The average Bonchev–Trinajstić information content (AvgIpc) is 2.28. The summed E-state index contributed by atoms with van der Waals surface area (Å²) in [6.45, 7) is 8.00. The quantitative estimate of drug-likeness (QED) is 0.582. The van der Waals surface area contributed by atoms with Crippen molar-refractivity contribution in [3.63, 3.8) is 0 Å². The SMILES string of the molecule is C=CCNCc1cc(Cl)ccc1OCCC. The molecule has 0 radical (unpaired) electrons. The maximum absolute atomic E-state index is 5.96. The Labute approximate surface area is 102 Å². The van der Waals surface area contributed by atoms with E-state index in [1.807, 2.05) is 24.3 Å². The van der Waals surface area contributed by atoms with E-state index in [0.29, 0.717) is 0 Å². The molecule has 0 unspecified atom stereocenters. The maximum atomic E-state index is 5.96. The van der Waals surface area contributed by atoms with E-state index in [1.54, 1.807) is 0 Å². The van der Waals surface area contributed by atoms with Gasteiger partial charge in [0, 0.05) is 23.7 Å². The predicted octanol–water partition coefficient (Wildman–Crippen LogP) is 3.40. The lowest BCUT2D eigenvalue weighted by Crippen LogP contribution is -2.13. The minimum absolute atomic E-state index is 0.732. The number of rotatable bonds is 7. The van der Waals surface area contributed by atoms with Gasteiger partial charge in [-0.1, -0.05) is 24.6 Å². The molecule has 0 saturated heterocycles. The van der Waals surface area contributed by atoms with Gasteiger partial charge in [-0.3, -0.25) is 0 Å². The van der Waals surface area contributed by atoms with Crippen LogP contribution in [-0.2, 0) is 6.54 Å². The Bertz CT molecular complexity index is 339. The largest absolute Gasteiger partial charge is 0.493 e. The monoisotopic (exact) mass is 239 g/mol. The summed E-state index contributed by atoms with van der Waals surface area (Å²) in [4.78, 5) is 0. The van der Waals surface area contributed by atoms with Gasteiger partial charge in [-0.15, -0.1) is 6.58 Å². The number of hydrogen-bond donors (Lipinski definition) is 1. The number of hydrogen-bond acceptors (Lipinski definition) is 2. The molecule has 0 aliphatic rings. The highest BCUT2D eigenvalue weighted by atomic mass is 35.5. The molecule has 0 fully saturated rings.